The summed E-state index contributed by atoms with van der Waals surface area (Å²) in [6.45, 7) is 1.46. The summed E-state index contributed by atoms with van der Waals surface area (Å²) >= 11 is 1.44. The van der Waals surface area contributed by atoms with Crippen molar-refractivity contribution in [2.24, 2.45) is 0 Å². The number of nitrogens with zero attached hydrogens (tertiary/aromatic N) is 1. The van der Waals surface area contributed by atoms with Crippen molar-refractivity contribution in [1.82, 2.24) is 0 Å². The van der Waals surface area contributed by atoms with Crippen molar-refractivity contribution in [3.8, 4) is 0 Å². The molecule has 0 aliphatic rings. The first-order chi connectivity index (χ1) is 8.80. The second-order valence-corrected chi connectivity index (χ2v) is 6.88. The molecule has 1 aromatic carbocycles. The number of carboxylic acids is 1. The molecule has 3 N–H and O–H groups in total. The van der Waals surface area contributed by atoms with E-state index in [4.69, 9.17) is 9.66 Å². The van der Waals surface area contributed by atoms with Crippen molar-refractivity contribution < 1.29 is 32.9 Å². The van der Waals surface area contributed by atoms with E-state index in [1.165, 1.54) is 11.3 Å². The van der Waals surface area contributed by atoms with E-state index < -0.39 is 21.3 Å². The predicted molar refractivity (Wildman–Crippen MR) is 71.7 cm³/mol. The van der Waals surface area contributed by atoms with E-state index in [-0.39, 0.29) is 12.0 Å². The lowest BCUT2D eigenvalue weighted by Crippen LogP contribution is -2.47. The SMILES string of the molecule is Cc1sc2ccccc2[n+]1CC(C(=O)O)S(=O)(=O)O.[OH-]. The van der Waals surface area contributed by atoms with Crippen LogP contribution in [0.15, 0.2) is 24.3 Å². The van der Waals surface area contributed by atoms with Gasteiger partial charge in [0.2, 0.25) is 15.8 Å². The molecule has 0 spiro atoms. The fourth-order valence-electron chi connectivity index (χ4n) is 1.84. The van der Waals surface area contributed by atoms with Crippen molar-refractivity contribution in [1.29, 1.82) is 0 Å². The third-order valence-corrected chi connectivity index (χ3v) is 4.93. The number of benzene rings is 1. The van der Waals surface area contributed by atoms with E-state index in [9.17, 15) is 13.2 Å². The predicted octanol–water partition coefficient (Wildman–Crippen LogP) is 0.661. The second-order valence-electron chi connectivity index (χ2n) is 4.04. The molecule has 0 fully saturated rings. The molecule has 2 aromatic rings. The molecule has 1 aromatic heterocycles. The Hall–Kier alpha value is -1.55. The number of hydrogen-bond acceptors (Lipinski definition) is 5. The minimum absolute atomic E-state index is 0. The van der Waals surface area contributed by atoms with Crippen LogP contribution in [0.3, 0.4) is 0 Å². The average Bonchev–Trinajstić information content (AvgIpc) is 2.59. The van der Waals surface area contributed by atoms with Crippen LogP contribution in [-0.2, 0) is 21.5 Å². The van der Waals surface area contributed by atoms with Crippen LogP contribution >= 0.6 is 11.3 Å². The van der Waals surface area contributed by atoms with Gasteiger partial charge in [-0.1, -0.05) is 23.5 Å². The van der Waals surface area contributed by atoms with Crippen LogP contribution in [0.1, 0.15) is 5.01 Å². The smallest absolute Gasteiger partial charge is 0.331 e. The van der Waals surface area contributed by atoms with Crippen molar-refractivity contribution in [2.45, 2.75) is 18.7 Å². The number of hydrogen-bond donors (Lipinski definition) is 2. The summed E-state index contributed by atoms with van der Waals surface area (Å²) in [4.78, 5) is 11.0. The van der Waals surface area contributed by atoms with Gasteiger partial charge in [-0.2, -0.15) is 13.0 Å². The fraction of sp³-hybridized carbons (Fsp3) is 0.273. The standard InChI is InChI=1S/C11H11NO5S2.H2O/c1-7-12(6-10(11(13)14)19(15,16)17)8-4-2-3-5-9(8)18-7;/h2-5,10H,6H2,1H3,(H-,13,14,15,16,17);1H2. The molecule has 1 unspecified atom stereocenters. The number of carboxylic acid groups (broad SMARTS) is 1. The lowest BCUT2D eigenvalue weighted by molar-refractivity contribution is -0.671. The van der Waals surface area contributed by atoms with Crippen LogP contribution in [0.4, 0.5) is 0 Å². The maximum Gasteiger partial charge on any atom is 0.331 e. The molecule has 0 amide bonds. The van der Waals surface area contributed by atoms with Crippen molar-refractivity contribution >= 4 is 37.6 Å². The van der Waals surface area contributed by atoms with E-state index in [1.54, 1.807) is 23.6 Å². The highest BCUT2D eigenvalue weighted by Gasteiger charge is 2.36. The van der Waals surface area contributed by atoms with Gasteiger partial charge in [0.1, 0.15) is 4.70 Å². The highest BCUT2D eigenvalue weighted by atomic mass is 32.2. The molecule has 0 radical (unpaired) electrons. The largest absolute Gasteiger partial charge is 0.870 e. The molecule has 0 saturated heterocycles. The van der Waals surface area contributed by atoms with Crippen LogP contribution in [0.5, 0.6) is 0 Å². The van der Waals surface area contributed by atoms with Gasteiger partial charge in [-0.05, 0) is 6.07 Å². The molecule has 1 atom stereocenters. The van der Waals surface area contributed by atoms with Gasteiger partial charge in [-0.25, -0.2) is 0 Å². The van der Waals surface area contributed by atoms with Gasteiger partial charge < -0.3 is 10.6 Å². The van der Waals surface area contributed by atoms with E-state index in [1.807, 2.05) is 12.1 Å². The number of para-hydroxylation sites is 1. The molecule has 7 nitrogen and oxygen atoms in total. The molecular formula is C11H13NO6S2. The molecule has 110 valence electrons. The van der Waals surface area contributed by atoms with Crippen LogP contribution in [0, 0.1) is 6.92 Å². The Bertz CT molecular complexity index is 736. The van der Waals surface area contributed by atoms with Crippen molar-refractivity contribution in [3.05, 3.63) is 29.3 Å². The van der Waals surface area contributed by atoms with Crippen LogP contribution in [0.25, 0.3) is 10.2 Å². The first-order valence-electron chi connectivity index (χ1n) is 5.38. The summed E-state index contributed by atoms with van der Waals surface area (Å²) in [7, 11) is -4.64. The summed E-state index contributed by atoms with van der Waals surface area (Å²) < 4.78 is 33.7. The van der Waals surface area contributed by atoms with Gasteiger partial charge >= 0.3 is 5.97 Å². The minimum atomic E-state index is -4.64. The zero-order valence-corrected chi connectivity index (χ0v) is 12.1. The van der Waals surface area contributed by atoms with E-state index in [0.29, 0.717) is 0 Å². The van der Waals surface area contributed by atoms with Crippen LogP contribution in [-0.4, -0.2) is 34.8 Å². The quantitative estimate of drug-likeness (QED) is 0.630. The fourth-order valence-corrected chi connectivity index (χ4v) is 3.47. The third kappa shape index (κ3) is 3.12. The third-order valence-electron chi connectivity index (χ3n) is 2.78. The molecule has 20 heavy (non-hydrogen) atoms. The normalized spacial score (nSPS) is 12.9. The zero-order chi connectivity index (χ0) is 14.2. The summed E-state index contributed by atoms with van der Waals surface area (Å²) in [6, 6.07) is 7.28. The number of rotatable bonds is 4. The Kier molecular flexibility index (Phi) is 4.81. The number of aliphatic carboxylic acids is 1. The molecule has 0 saturated carbocycles. The Morgan fingerprint density at radius 3 is 2.55 bits per heavy atom. The van der Waals surface area contributed by atoms with E-state index >= 15 is 0 Å². The molecule has 0 bridgehead atoms. The average molecular weight is 319 g/mol. The summed E-state index contributed by atoms with van der Waals surface area (Å²) in [5.41, 5.74) is 0.750. The zero-order valence-electron chi connectivity index (χ0n) is 10.4. The van der Waals surface area contributed by atoms with E-state index in [0.717, 1.165) is 15.2 Å². The molecular weight excluding hydrogens is 306 g/mol. The summed E-state index contributed by atoms with van der Waals surface area (Å²) in [5.74, 6) is -1.57. The number of thiazole rings is 1. The highest BCUT2D eigenvalue weighted by molar-refractivity contribution is 7.87. The Labute approximate surface area is 119 Å². The van der Waals surface area contributed by atoms with Gasteiger partial charge in [0.25, 0.3) is 10.1 Å². The highest BCUT2D eigenvalue weighted by Crippen LogP contribution is 2.19. The number of fused-ring (bicyclic) bond motifs is 1. The maximum absolute atomic E-state index is 11.1. The Morgan fingerprint density at radius 2 is 2.00 bits per heavy atom. The Balaban J connectivity index is 0.00000200. The number of carbonyl (C=O) groups is 1. The number of aryl methyl sites for hydroxylation is 1. The molecule has 2 rings (SSSR count). The van der Waals surface area contributed by atoms with Crippen molar-refractivity contribution in [2.75, 3.05) is 0 Å². The van der Waals surface area contributed by atoms with Crippen molar-refractivity contribution in [3.63, 3.8) is 0 Å². The van der Waals surface area contributed by atoms with Gasteiger partial charge in [0.05, 0.1) is 0 Å². The molecule has 0 aliphatic carbocycles. The monoisotopic (exact) mass is 319 g/mol. The topological polar surface area (TPSA) is 126 Å². The van der Waals surface area contributed by atoms with Gasteiger partial charge in [0, 0.05) is 13.0 Å². The van der Waals surface area contributed by atoms with Crippen LogP contribution < -0.4 is 4.57 Å². The molecule has 0 aliphatic heterocycles. The lowest BCUT2D eigenvalue weighted by atomic mass is 10.3. The van der Waals surface area contributed by atoms with Crippen LogP contribution in [0.2, 0.25) is 0 Å². The first kappa shape index (κ1) is 16.5. The maximum atomic E-state index is 11.1. The van der Waals surface area contributed by atoms with Gasteiger partial charge in [0.15, 0.2) is 6.54 Å². The number of aromatic nitrogens is 1. The summed E-state index contributed by atoms with van der Waals surface area (Å²) in [6.07, 6.45) is 0. The Morgan fingerprint density at radius 1 is 1.40 bits per heavy atom. The molecule has 9 heteroatoms. The second kappa shape index (κ2) is 5.83. The van der Waals surface area contributed by atoms with Gasteiger partial charge in [-0.3, -0.25) is 9.35 Å². The summed E-state index contributed by atoms with van der Waals surface area (Å²) in [5, 5.41) is 7.83. The first-order valence-corrected chi connectivity index (χ1v) is 7.70. The lowest BCUT2D eigenvalue weighted by Gasteiger charge is -2.05. The van der Waals surface area contributed by atoms with E-state index in [2.05, 4.69) is 0 Å². The van der Waals surface area contributed by atoms with Gasteiger partial charge in [-0.15, -0.1) is 0 Å². The molecule has 1 heterocycles. The minimum Gasteiger partial charge on any atom is -0.870 e.